The second kappa shape index (κ2) is 6.55. The number of carbonyl (C=O) groups excluding carboxylic acids is 1. The van der Waals surface area contributed by atoms with Crippen molar-refractivity contribution in [1.29, 1.82) is 0 Å². The fourth-order valence-corrected chi connectivity index (χ4v) is 2.67. The van der Waals surface area contributed by atoms with E-state index in [4.69, 9.17) is 4.52 Å². The third-order valence-electron chi connectivity index (χ3n) is 3.94. The van der Waals surface area contributed by atoms with Crippen LogP contribution in [0.1, 0.15) is 31.6 Å². The summed E-state index contributed by atoms with van der Waals surface area (Å²) in [7, 11) is 0. The predicted octanol–water partition coefficient (Wildman–Crippen LogP) is 2.45. The highest BCUT2D eigenvalue weighted by Crippen LogP contribution is 2.25. The van der Waals surface area contributed by atoms with Gasteiger partial charge in [0.15, 0.2) is 0 Å². The molecule has 1 aliphatic rings. The van der Waals surface area contributed by atoms with E-state index in [1.54, 1.807) is 12.1 Å². The largest absolute Gasteiger partial charge is 0.347 e. The monoisotopic (exact) mass is 316 g/mol. The average Bonchev–Trinajstić information content (AvgIpc) is 3.24. The zero-order valence-electron chi connectivity index (χ0n) is 12.4. The van der Waals surface area contributed by atoms with Gasteiger partial charge >= 0.3 is 0 Å². The first-order valence-electron chi connectivity index (χ1n) is 7.48. The zero-order valence-corrected chi connectivity index (χ0v) is 12.4. The molecule has 0 saturated heterocycles. The number of non-ortho nitro benzene ring substituents is 1. The Morgan fingerprint density at radius 2 is 2.00 bits per heavy atom. The molecule has 0 atom stereocenters. The van der Waals surface area contributed by atoms with Gasteiger partial charge in [-0.1, -0.05) is 18.0 Å². The summed E-state index contributed by atoms with van der Waals surface area (Å²) in [6.45, 7) is 0.190. The highest BCUT2D eigenvalue weighted by Gasteiger charge is 2.22. The molecule has 1 N–H and O–H groups in total. The number of aromatic nitrogens is 2. The van der Waals surface area contributed by atoms with Gasteiger partial charge in [0, 0.05) is 23.6 Å². The van der Waals surface area contributed by atoms with Gasteiger partial charge in [-0.2, -0.15) is 4.98 Å². The van der Waals surface area contributed by atoms with E-state index >= 15 is 0 Å². The molecule has 1 aromatic carbocycles. The number of hydrogen-bond acceptors (Lipinski definition) is 6. The average molecular weight is 316 g/mol. The smallest absolute Gasteiger partial charge is 0.269 e. The number of nitrogens with zero attached hydrogens (tertiary/aromatic N) is 3. The van der Waals surface area contributed by atoms with Crippen molar-refractivity contribution in [1.82, 2.24) is 15.5 Å². The number of carbonyl (C=O) groups is 1. The molecule has 8 heteroatoms. The maximum atomic E-state index is 11.9. The molecule has 0 radical (unpaired) electrons. The van der Waals surface area contributed by atoms with E-state index in [1.165, 1.54) is 12.1 Å². The van der Waals surface area contributed by atoms with Crippen molar-refractivity contribution in [3.8, 4) is 11.4 Å². The summed E-state index contributed by atoms with van der Waals surface area (Å²) in [6.07, 6.45) is 4.07. The van der Waals surface area contributed by atoms with E-state index in [-0.39, 0.29) is 24.1 Å². The second-order valence-electron chi connectivity index (χ2n) is 5.51. The summed E-state index contributed by atoms with van der Waals surface area (Å²) in [5.74, 6) is 0.763. The van der Waals surface area contributed by atoms with E-state index in [2.05, 4.69) is 15.5 Å². The molecule has 23 heavy (non-hydrogen) atoms. The molecule has 1 heterocycles. The Bertz CT molecular complexity index is 705. The van der Waals surface area contributed by atoms with Crippen LogP contribution in [0.4, 0.5) is 5.69 Å². The predicted molar refractivity (Wildman–Crippen MR) is 80.2 cm³/mol. The molecule has 0 unspecified atom stereocenters. The van der Waals surface area contributed by atoms with E-state index < -0.39 is 4.92 Å². The molecule has 1 fully saturated rings. The number of nitro groups is 1. The molecule has 8 nitrogen and oxygen atoms in total. The molecule has 0 spiro atoms. The maximum absolute atomic E-state index is 11.9. The van der Waals surface area contributed by atoms with E-state index in [0.29, 0.717) is 17.3 Å². The third kappa shape index (κ3) is 3.53. The first-order valence-corrected chi connectivity index (χ1v) is 7.48. The minimum Gasteiger partial charge on any atom is -0.347 e. The second-order valence-corrected chi connectivity index (χ2v) is 5.51. The lowest BCUT2D eigenvalue weighted by Gasteiger charge is -2.07. The third-order valence-corrected chi connectivity index (χ3v) is 3.94. The van der Waals surface area contributed by atoms with Crippen LogP contribution in [0.2, 0.25) is 0 Å². The molecule has 1 amide bonds. The molecule has 1 aromatic heterocycles. The van der Waals surface area contributed by atoms with Gasteiger partial charge in [-0.3, -0.25) is 14.9 Å². The van der Waals surface area contributed by atoms with Crippen molar-refractivity contribution in [2.45, 2.75) is 32.2 Å². The topological polar surface area (TPSA) is 111 Å². The summed E-state index contributed by atoms with van der Waals surface area (Å²) in [5, 5.41) is 17.3. The van der Waals surface area contributed by atoms with Crippen LogP contribution in [0, 0.1) is 16.0 Å². The molecule has 0 bridgehead atoms. The Morgan fingerprint density at radius 3 is 2.65 bits per heavy atom. The molecular formula is C15H16N4O4. The Kier molecular flexibility index (Phi) is 4.31. The Labute approximate surface area is 132 Å². The van der Waals surface area contributed by atoms with Crippen LogP contribution >= 0.6 is 0 Å². The molecule has 0 aliphatic heterocycles. The summed E-state index contributed by atoms with van der Waals surface area (Å²) in [6, 6.07) is 5.88. The normalized spacial score (nSPS) is 14.8. The number of hydrogen-bond donors (Lipinski definition) is 1. The summed E-state index contributed by atoms with van der Waals surface area (Å²) in [5.41, 5.74) is 0.619. The molecule has 1 aliphatic carbocycles. The van der Waals surface area contributed by atoms with Crippen LogP contribution in [0.15, 0.2) is 28.8 Å². The first kappa shape index (κ1) is 15.1. The highest BCUT2D eigenvalue weighted by molar-refractivity contribution is 5.78. The quantitative estimate of drug-likeness (QED) is 0.670. The van der Waals surface area contributed by atoms with Crippen LogP contribution in [-0.2, 0) is 11.3 Å². The lowest BCUT2D eigenvalue weighted by Crippen LogP contribution is -2.28. The van der Waals surface area contributed by atoms with Crippen LogP contribution in [0.5, 0.6) is 0 Å². The number of benzene rings is 1. The number of rotatable bonds is 5. The maximum Gasteiger partial charge on any atom is 0.269 e. The summed E-state index contributed by atoms with van der Waals surface area (Å²) >= 11 is 0. The van der Waals surface area contributed by atoms with Crippen LogP contribution in [0.25, 0.3) is 11.4 Å². The van der Waals surface area contributed by atoms with Gasteiger partial charge in [-0.05, 0) is 25.0 Å². The van der Waals surface area contributed by atoms with Crippen molar-refractivity contribution in [3.63, 3.8) is 0 Å². The van der Waals surface area contributed by atoms with Crippen LogP contribution in [0.3, 0.4) is 0 Å². The lowest BCUT2D eigenvalue weighted by molar-refractivity contribution is -0.384. The fourth-order valence-electron chi connectivity index (χ4n) is 2.67. The zero-order chi connectivity index (χ0) is 16.2. The van der Waals surface area contributed by atoms with E-state index in [9.17, 15) is 14.9 Å². The fraction of sp³-hybridized carbons (Fsp3) is 0.400. The molecule has 120 valence electrons. The van der Waals surface area contributed by atoms with Crippen LogP contribution in [-0.4, -0.2) is 21.0 Å². The van der Waals surface area contributed by atoms with Crippen LogP contribution < -0.4 is 5.32 Å². The molecule has 1 saturated carbocycles. The summed E-state index contributed by atoms with van der Waals surface area (Å²) < 4.78 is 5.10. The molecule has 2 aromatic rings. The van der Waals surface area contributed by atoms with Gasteiger partial charge in [0.05, 0.1) is 11.5 Å². The number of amides is 1. The van der Waals surface area contributed by atoms with Crippen molar-refractivity contribution in [3.05, 3.63) is 40.3 Å². The van der Waals surface area contributed by atoms with Gasteiger partial charge in [0.25, 0.3) is 5.69 Å². The SMILES string of the molecule is O=C(NCc1nc(-c2ccc([N+](=O)[O-])cc2)no1)C1CCCC1. The minimum absolute atomic E-state index is 0.00120. The Hall–Kier alpha value is -2.77. The molecular weight excluding hydrogens is 300 g/mol. The highest BCUT2D eigenvalue weighted by atomic mass is 16.6. The minimum atomic E-state index is -0.468. The van der Waals surface area contributed by atoms with Crippen molar-refractivity contribution in [2.24, 2.45) is 5.92 Å². The summed E-state index contributed by atoms with van der Waals surface area (Å²) in [4.78, 5) is 26.3. The van der Waals surface area contributed by atoms with Gasteiger partial charge in [-0.15, -0.1) is 0 Å². The number of nitro benzene ring substituents is 1. The van der Waals surface area contributed by atoms with E-state index in [0.717, 1.165) is 25.7 Å². The van der Waals surface area contributed by atoms with Gasteiger partial charge in [-0.25, -0.2) is 0 Å². The van der Waals surface area contributed by atoms with Crippen molar-refractivity contribution in [2.75, 3.05) is 0 Å². The van der Waals surface area contributed by atoms with Crippen molar-refractivity contribution < 1.29 is 14.2 Å². The Morgan fingerprint density at radius 1 is 1.30 bits per heavy atom. The molecule has 3 rings (SSSR count). The van der Waals surface area contributed by atoms with Crippen molar-refractivity contribution >= 4 is 11.6 Å². The van der Waals surface area contributed by atoms with Gasteiger partial charge in [0.1, 0.15) is 0 Å². The first-order chi connectivity index (χ1) is 11.1. The number of nitrogens with one attached hydrogen (secondary N) is 1. The van der Waals surface area contributed by atoms with Gasteiger partial charge in [0.2, 0.25) is 17.6 Å². The lowest BCUT2D eigenvalue weighted by atomic mass is 10.1. The Balaban J connectivity index is 1.61. The van der Waals surface area contributed by atoms with E-state index in [1.807, 2.05) is 0 Å². The standard InChI is InChI=1S/C15H16N4O4/c20-15(11-3-1-2-4-11)16-9-13-17-14(18-23-13)10-5-7-12(8-6-10)19(21)22/h5-8,11H,1-4,9H2,(H,16,20). The van der Waals surface area contributed by atoms with Gasteiger partial charge < -0.3 is 9.84 Å².